The number of hydrogen-bond donors (Lipinski definition) is 2. The lowest BCUT2D eigenvalue weighted by atomic mass is 9.99. The van der Waals surface area contributed by atoms with E-state index in [0.29, 0.717) is 0 Å². The topological polar surface area (TPSA) is 83.7 Å². The van der Waals surface area contributed by atoms with Crippen molar-refractivity contribution >= 4 is 5.95 Å². The second-order valence-electron chi connectivity index (χ2n) is 5.81. The largest absolute Gasteiger partial charge is 0.335 e. The molecule has 0 radical (unpaired) electrons. The van der Waals surface area contributed by atoms with Crippen molar-refractivity contribution in [2.45, 2.75) is 45.7 Å². The summed E-state index contributed by atoms with van der Waals surface area (Å²) in [4.78, 5) is 11.3. The van der Waals surface area contributed by atoms with Crippen LogP contribution in [0, 0.1) is 13.8 Å². The SMILES string of the molecule is Cc1ccc(-c2nc(N3CCCC(N)C3C)n[nH]2)c(C)n1. The minimum atomic E-state index is 0.184. The van der Waals surface area contributed by atoms with Crippen molar-refractivity contribution < 1.29 is 0 Å². The fourth-order valence-electron chi connectivity index (χ4n) is 2.89. The molecule has 0 bridgehead atoms. The van der Waals surface area contributed by atoms with Crippen molar-refractivity contribution in [1.29, 1.82) is 0 Å². The lowest BCUT2D eigenvalue weighted by Gasteiger charge is -2.36. The van der Waals surface area contributed by atoms with E-state index in [9.17, 15) is 0 Å². The molecule has 3 rings (SSSR count). The van der Waals surface area contributed by atoms with E-state index in [0.717, 1.165) is 48.1 Å². The third-order valence-electron chi connectivity index (χ3n) is 4.26. The highest BCUT2D eigenvalue weighted by atomic mass is 15.4. The Labute approximate surface area is 124 Å². The van der Waals surface area contributed by atoms with Crippen LogP contribution in [0.15, 0.2) is 12.1 Å². The van der Waals surface area contributed by atoms with Gasteiger partial charge in [0.1, 0.15) is 0 Å². The first-order valence-electron chi connectivity index (χ1n) is 7.45. The summed E-state index contributed by atoms with van der Waals surface area (Å²) in [6, 6.07) is 4.47. The van der Waals surface area contributed by atoms with Gasteiger partial charge >= 0.3 is 0 Å². The standard InChI is InChI=1S/C15H22N6/c1-9-6-7-12(10(2)17-9)14-18-15(20-19-14)21-8-4-5-13(16)11(21)3/h6-7,11,13H,4-5,8,16H2,1-3H3,(H,18,19,20). The first kappa shape index (κ1) is 14.0. The van der Waals surface area contributed by atoms with Crippen LogP contribution in [0.1, 0.15) is 31.2 Å². The molecule has 0 aliphatic carbocycles. The van der Waals surface area contributed by atoms with Gasteiger partial charge in [0, 0.05) is 35.6 Å². The maximum Gasteiger partial charge on any atom is 0.245 e. The summed E-state index contributed by atoms with van der Waals surface area (Å²) in [5.41, 5.74) is 9.11. The third kappa shape index (κ3) is 2.63. The first-order valence-corrected chi connectivity index (χ1v) is 7.45. The molecule has 0 aromatic carbocycles. The van der Waals surface area contributed by atoms with Gasteiger partial charge in [0.2, 0.25) is 5.95 Å². The van der Waals surface area contributed by atoms with E-state index in [4.69, 9.17) is 5.73 Å². The molecule has 2 unspecified atom stereocenters. The van der Waals surface area contributed by atoms with Crippen LogP contribution in [-0.4, -0.2) is 38.8 Å². The van der Waals surface area contributed by atoms with Gasteiger partial charge in [-0.15, -0.1) is 5.10 Å². The van der Waals surface area contributed by atoms with Gasteiger partial charge in [0.15, 0.2) is 5.82 Å². The summed E-state index contributed by atoms with van der Waals surface area (Å²) in [6.07, 6.45) is 2.15. The predicted octanol–water partition coefficient (Wildman–Crippen LogP) is 1.80. The Morgan fingerprint density at radius 2 is 2.10 bits per heavy atom. The Bertz CT molecular complexity index is 635. The number of pyridine rings is 1. The van der Waals surface area contributed by atoms with Crippen LogP contribution in [0.5, 0.6) is 0 Å². The average Bonchev–Trinajstić information content (AvgIpc) is 2.91. The normalized spacial score (nSPS) is 22.6. The Kier molecular flexibility index (Phi) is 3.63. The molecule has 3 N–H and O–H groups in total. The molecule has 0 saturated carbocycles. The van der Waals surface area contributed by atoms with Crippen molar-refractivity contribution in [2.24, 2.45) is 5.73 Å². The minimum Gasteiger partial charge on any atom is -0.335 e. The number of rotatable bonds is 2. The third-order valence-corrected chi connectivity index (χ3v) is 4.26. The molecule has 21 heavy (non-hydrogen) atoms. The van der Waals surface area contributed by atoms with Crippen LogP contribution < -0.4 is 10.6 Å². The first-order chi connectivity index (χ1) is 10.1. The molecule has 2 aromatic heterocycles. The number of nitrogens with two attached hydrogens (primary N) is 1. The number of piperidine rings is 1. The van der Waals surface area contributed by atoms with E-state index in [2.05, 4.69) is 32.0 Å². The van der Waals surface area contributed by atoms with Crippen LogP contribution in [0.4, 0.5) is 5.95 Å². The van der Waals surface area contributed by atoms with E-state index in [1.807, 2.05) is 26.0 Å². The lowest BCUT2D eigenvalue weighted by molar-refractivity contribution is 0.416. The molecule has 112 valence electrons. The van der Waals surface area contributed by atoms with Crippen LogP contribution in [0.2, 0.25) is 0 Å². The van der Waals surface area contributed by atoms with Crippen molar-refractivity contribution in [3.05, 3.63) is 23.5 Å². The summed E-state index contributed by atoms with van der Waals surface area (Å²) in [7, 11) is 0. The molecule has 0 amide bonds. The fraction of sp³-hybridized carbons (Fsp3) is 0.533. The number of H-pyrrole nitrogens is 1. The number of aryl methyl sites for hydroxylation is 2. The zero-order valence-electron chi connectivity index (χ0n) is 12.8. The number of aromatic amines is 1. The van der Waals surface area contributed by atoms with Gasteiger partial charge in [-0.1, -0.05) is 0 Å². The van der Waals surface area contributed by atoms with E-state index >= 15 is 0 Å². The average molecular weight is 286 g/mol. The molecule has 2 aromatic rings. The summed E-state index contributed by atoms with van der Waals surface area (Å²) in [5, 5.41) is 7.40. The molecular formula is C15H22N6. The van der Waals surface area contributed by atoms with E-state index in [-0.39, 0.29) is 12.1 Å². The van der Waals surface area contributed by atoms with Crippen LogP contribution in [0.25, 0.3) is 11.4 Å². The second-order valence-corrected chi connectivity index (χ2v) is 5.81. The quantitative estimate of drug-likeness (QED) is 0.879. The van der Waals surface area contributed by atoms with E-state index in [1.165, 1.54) is 0 Å². The fourth-order valence-corrected chi connectivity index (χ4v) is 2.89. The van der Waals surface area contributed by atoms with Gasteiger partial charge in [-0.05, 0) is 45.7 Å². The van der Waals surface area contributed by atoms with Crippen molar-refractivity contribution in [3.8, 4) is 11.4 Å². The van der Waals surface area contributed by atoms with Gasteiger partial charge in [0.05, 0.1) is 0 Å². The van der Waals surface area contributed by atoms with Gasteiger partial charge in [-0.25, -0.2) is 0 Å². The van der Waals surface area contributed by atoms with Gasteiger partial charge < -0.3 is 10.6 Å². The van der Waals surface area contributed by atoms with Crippen molar-refractivity contribution in [1.82, 2.24) is 20.2 Å². The highest BCUT2D eigenvalue weighted by Crippen LogP contribution is 2.24. The Balaban J connectivity index is 1.89. The van der Waals surface area contributed by atoms with E-state index in [1.54, 1.807) is 0 Å². The molecule has 6 heteroatoms. The smallest absolute Gasteiger partial charge is 0.245 e. The summed E-state index contributed by atoms with van der Waals surface area (Å²) >= 11 is 0. The molecule has 2 atom stereocenters. The number of anilines is 1. The predicted molar refractivity (Wildman–Crippen MR) is 83.1 cm³/mol. The highest BCUT2D eigenvalue weighted by molar-refractivity contribution is 5.59. The number of hydrogen-bond acceptors (Lipinski definition) is 5. The highest BCUT2D eigenvalue weighted by Gasteiger charge is 2.27. The molecule has 0 spiro atoms. The van der Waals surface area contributed by atoms with Crippen molar-refractivity contribution in [3.63, 3.8) is 0 Å². The zero-order valence-corrected chi connectivity index (χ0v) is 12.8. The Morgan fingerprint density at radius 3 is 2.86 bits per heavy atom. The maximum atomic E-state index is 6.15. The van der Waals surface area contributed by atoms with Crippen molar-refractivity contribution in [2.75, 3.05) is 11.4 Å². The van der Waals surface area contributed by atoms with Crippen LogP contribution in [-0.2, 0) is 0 Å². The molecule has 6 nitrogen and oxygen atoms in total. The molecule has 1 aliphatic heterocycles. The zero-order chi connectivity index (χ0) is 15.0. The number of nitrogens with zero attached hydrogens (tertiary/aromatic N) is 4. The number of aromatic nitrogens is 4. The number of nitrogens with one attached hydrogen (secondary N) is 1. The maximum absolute atomic E-state index is 6.15. The van der Waals surface area contributed by atoms with E-state index < -0.39 is 0 Å². The molecule has 3 heterocycles. The molecular weight excluding hydrogens is 264 g/mol. The van der Waals surface area contributed by atoms with Gasteiger partial charge in [0.25, 0.3) is 0 Å². The van der Waals surface area contributed by atoms with Crippen LogP contribution >= 0.6 is 0 Å². The Hall–Kier alpha value is -1.95. The van der Waals surface area contributed by atoms with Crippen LogP contribution in [0.3, 0.4) is 0 Å². The molecule has 1 saturated heterocycles. The summed E-state index contributed by atoms with van der Waals surface area (Å²) in [5.74, 6) is 1.49. The minimum absolute atomic E-state index is 0.184. The van der Waals surface area contributed by atoms with Gasteiger partial charge in [-0.3, -0.25) is 10.1 Å². The van der Waals surface area contributed by atoms with Gasteiger partial charge in [-0.2, -0.15) is 4.98 Å². The molecule has 1 fully saturated rings. The molecule has 1 aliphatic rings. The summed E-state index contributed by atoms with van der Waals surface area (Å²) < 4.78 is 0. The Morgan fingerprint density at radius 1 is 1.29 bits per heavy atom. The second kappa shape index (κ2) is 5.44. The summed E-state index contributed by atoms with van der Waals surface area (Å²) in [6.45, 7) is 7.07. The monoisotopic (exact) mass is 286 g/mol. The lowest BCUT2D eigenvalue weighted by Crippen LogP contribution is -2.50.